The molecule has 180 valence electrons. The fraction of sp³-hybridized carbons (Fsp3) is 0.440. The van der Waals surface area contributed by atoms with E-state index in [1.807, 2.05) is 55.1 Å². The normalized spacial score (nSPS) is 13.9. The van der Waals surface area contributed by atoms with Gasteiger partial charge in [-0.2, -0.15) is 4.98 Å². The molecule has 34 heavy (non-hydrogen) atoms. The highest BCUT2D eigenvalue weighted by Gasteiger charge is 2.22. The van der Waals surface area contributed by atoms with Crippen molar-refractivity contribution in [1.82, 2.24) is 20.0 Å². The van der Waals surface area contributed by atoms with E-state index >= 15 is 0 Å². The number of hydrogen-bond acceptors (Lipinski definition) is 7. The van der Waals surface area contributed by atoms with Crippen LogP contribution in [0.25, 0.3) is 11.4 Å². The summed E-state index contributed by atoms with van der Waals surface area (Å²) in [6.07, 6.45) is 3.89. The lowest BCUT2D eigenvalue weighted by atomic mass is 10.2. The molecule has 9 heteroatoms. The van der Waals surface area contributed by atoms with Crippen molar-refractivity contribution >= 4 is 17.5 Å². The Morgan fingerprint density at radius 3 is 2.50 bits per heavy atom. The van der Waals surface area contributed by atoms with Crippen LogP contribution in [0, 0.1) is 0 Å². The van der Waals surface area contributed by atoms with E-state index in [-0.39, 0.29) is 11.9 Å². The van der Waals surface area contributed by atoms with E-state index < -0.39 is 0 Å². The van der Waals surface area contributed by atoms with Gasteiger partial charge < -0.3 is 24.4 Å². The summed E-state index contributed by atoms with van der Waals surface area (Å²) in [5.74, 6) is 3.04. The van der Waals surface area contributed by atoms with Gasteiger partial charge in [-0.1, -0.05) is 32.3 Å². The topological polar surface area (TPSA) is 96.6 Å². The number of pyridine rings is 1. The molecule has 1 saturated heterocycles. The van der Waals surface area contributed by atoms with Crippen molar-refractivity contribution in [3.63, 3.8) is 0 Å². The van der Waals surface area contributed by atoms with Crippen LogP contribution in [0.2, 0.25) is 0 Å². The number of rotatable bonds is 8. The Kier molecular flexibility index (Phi) is 7.61. The van der Waals surface area contributed by atoms with Crippen LogP contribution < -0.4 is 15.0 Å². The summed E-state index contributed by atoms with van der Waals surface area (Å²) in [5.41, 5.74) is 1.58. The van der Waals surface area contributed by atoms with Gasteiger partial charge in [-0.15, -0.1) is 0 Å². The lowest BCUT2D eigenvalue weighted by Gasteiger charge is -2.35. The molecule has 1 aromatic carbocycles. The van der Waals surface area contributed by atoms with Gasteiger partial charge in [0.25, 0.3) is 0 Å². The second-order valence-corrected chi connectivity index (χ2v) is 8.65. The zero-order chi connectivity index (χ0) is 23.9. The predicted octanol–water partition coefficient (Wildman–Crippen LogP) is 4.79. The van der Waals surface area contributed by atoms with Gasteiger partial charge in [0.05, 0.1) is 6.61 Å². The van der Waals surface area contributed by atoms with E-state index in [4.69, 9.17) is 9.26 Å². The molecule has 0 spiro atoms. The largest absolute Gasteiger partial charge is 0.494 e. The molecule has 0 bridgehead atoms. The summed E-state index contributed by atoms with van der Waals surface area (Å²) in [5, 5.41) is 7.01. The maximum absolute atomic E-state index is 12.7. The number of nitrogens with zero attached hydrogens (tertiary/aromatic N) is 5. The predicted molar refractivity (Wildman–Crippen MR) is 131 cm³/mol. The molecule has 0 radical (unpaired) electrons. The molecule has 2 aromatic heterocycles. The molecule has 0 saturated carbocycles. The molecule has 9 nitrogen and oxygen atoms in total. The zero-order valence-electron chi connectivity index (χ0n) is 20.0. The first-order valence-electron chi connectivity index (χ1n) is 11.9. The number of unbranched alkanes of at least 4 members (excludes halogenated alkanes) is 1. The van der Waals surface area contributed by atoms with Crippen molar-refractivity contribution in [3.8, 4) is 17.1 Å². The molecule has 0 aliphatic carbocycles. The van der Waals surface area contributed by atoms with Crippen molar-refractivity contribution in [3.05, 3.63) is 48.5 Å². The molecule has 4 rings (SSSR count). The van der Waals surface area contributed by atoms with E-state index in [1.165, 1.54) is 0 Å². The lowest BCUT2D eigenvalue weighted by molar-refractivity contribution is 0.208. The Hall–Kier alpha value is -3.62. The number of urea groups is 1. The van der Waals surface area contributed by atoms with Crippen molar-refractivity contribution in [2.24, 2.45) is 0 Å². The number of ether oxygens (including phenoxy) is 1. The quantitative estimate of drug-likeness (QED) is 0.479. The molecule has 3 aromatic rings. The van der Waals surface area contributed by atoms with Gasteiger partial charge >= 0.3 is 6.03 Å². The van der Waals surface area contributed by atoms with Crippen LogP contribution in [0.15, 0.2) is 47.1 Å². The highest BCUT2D eigenvalue weighted by molar-refractivity contribution is 5.89. The number of carbonyl (C=O) groups is 1. The van der Waals surface area contributed by atoms with E-state index in [0.717, 1.165) is 35.7 Å². The number of aromatic nitrogens is 3. The number of piperazine rings is 1. The second kappa shape index (κ2) is 11.0. The van der Waals surface area contributed by atoms with Gasteiger partial charge in [-0.3, -0.25) is 0 Å². The first-order chi connectivity index (χ1) is 16.5. The SMILES string of the molecule is CCCCOc1ccc(NC(=O)N2CCN(c3ccc(-c4noc(C(C)C)n4)cn3)CC2)cc1. The Morgan fingerprint density at radius 1 is 1.12 bits per heavy atom. The third kappa shape index (κ3) is 5.84. The first kappa shape index (κ1) is 23.5. The van der Waals surface area contributed by atoms with Crippen molar-refractivity contribution in [2.75, 3.05) is 43.0 Å². The average molecular weight is 465 g/mol. The second-order valence-electron chi connectivity index (χ2n) is 8.65. The van der Waals surface area contributed by atoms with E-state index in [2.05, 4.69) is 32.3 Å². The zero-order valence-corrected chi connectivity index (χ0v) is 20.0. The molecular weight excluding hydrogens is 432 g/mol. The Balaban J connectivity index is 1.26. The number of hydrogen-bond donors (Lipinski definition) is 1. The van der Waals surface area contributed by atoms with Crippen molar-refractivity contribution < 1.29 is 14.1 Å². The third-order valence-electron chi connectivity index (χ3n) is 5.70. The first-order valence-corrected chi connectivity index (χ1v) is 11.9. The monoisotopic (exact) mass is 464 g/mol. The summed E-state index contributed by atoms with van der Waals surface area (Å²) in [6.45, 7) is 9.53. The molecular formula is C25H32N6O3. The van der Waals surface area contributed by atoms with Crippen molar-refractivity contribution in [2.45, 2.75) is 39.5 Å². The summed E-state index contributed by atoms with van der Waals surface area (Å²) >= 11 is 0. The van der Waals surface area contributed by atoms with Gasteiger partial charge in [-0.25, -0.2) is 9.78 Å². The van der Waals surface area contributed by atoms with Gasteiger partial charge in [0.15, 0.2) is 0 Å². The Labute approximate surface area is 200 Å². The van der Waals surface area contributed by atoms with E-state index in [0.29, 0.717) is 44.5 Å². The van der Waals surface area contributed by atoms with Gasteiger partial charge in [0.2, 0.25) is 11.7 Å². The maximum atomic E-state index is 12.7. The molecule has 0 unspecified atom stereocenters. The molecule has 1 fully saturated rings. The minimum absolute atomic E-state index is 0.0966. The van der Waals surface area contributed by atoms with Crippen LogP contribution >= 0.6 is 0 Å². The van der Waals surface area contributed by atoms with Crippen LogP contribution in [-0.4, -0.2) is 58.8 Å². The highest BCUT2D eigenvalue weighted by Crippen LogP contribution is 2.22. The van der Waals surface area contributed by atoms with Crippen LogP contribution in [0.4, 0.5) is 16.3 Å². The highest BCUT2D eigenvalue weighted by atomic mass is 16.5. The minimum atomic E-state index is -0.0966. The Morgan fingerprint density at radius 2 is 1.88 bits per heavy atom. The molecule has 1 N–H and O–H groups in total. The standard InChI is InChI=1S/C25H32N6O3/c1-4-5-16-33-21-9-7-20(8-10-21)27-25(32)31-14-12-30(13-15-31)22-11-6-19(17-26-22)23-28-24(18(2)3)34-29-23/h6-11,17-18H,4-5,12-16H2,1-3H3,(H,27,32). The molecule has 3 heterocycles. The smallest absolute Gasteiger partial charge is 0.321 e. The fourth-order valence-corrected chi connectivity index (χ4v) is 3.60. The summed E-state index contributed by atoms with van der Waals surface area (Å²) < 4.78 is 11.0. The number of amides is 2. The van der Waals surface area contributed by atoms with Gasteiger partial charge in [-0.05, 0) is 42.8 Å². The summed E-state index contributed by atoms with van der Waals surface area (Å²) in [6, 6.07) is 11.3. The van der Waals surface area contributed by atoms with E-state index in [9.17, 15) is 4.79 Å². The van der Waals surface area contributed by atoms with Crippen LogP contribution in [0.5, 0.6) is 5.75 Å². The molecule has 2 amide bonds. The van der Waals surface area contributed by atoms with Crippen molar-refractivity contribution in [1.29, 1.82) is 0 Å². The maximum Gasteiger partial charge on any atom is 0.321 e. The number of benzene rings is 1. The summed E-state index contributed by atoms with van der Waals surface area (Å²) in [7, 11) is 0. The number of anilines is 2. The van der Waals surface area contributed by atoms with Gasteiger partial charge in [0.1, 0.15) is 11.6 Å². The van der Waals surface area contributed by atoms with Crippen LogP contribution in [-0.2, 0) is 0 Å². The number of nitrogens with one attached hydrogen (secondary N) is 1. The molecule has 1 aliphatic heterocycles. The van der Waals surface area contributed by atoms with E-state index in [1.54, 1.807) is 6.20 Å². The van der Waals surface area contributed by atoms with Crippen LogP contribution in [0.3, 0.4) is 0 Å². The summed E-state index contributed by atoms with van der Waals surface area (Å²) in [4.78, 5) is 25.7. The minimum Gasteiger partial charge on any atom is -0.494 e. The molecule has 0 atom stereocenters. The number of carbonyl (C=O) groups excluding carboxylic acids is 1. The third-order valence-corrected chi connectivity index (χ3v) is 5.70. The Bertz CT molecular complexity index is 1060. The van der Waals surface area contributed by atoms with Crippen LogP contribution in [0.1, 0.15) is 45.4 Å². The van der Waals surface area contributed by atoms with Gasteiger partial charge in [0, 0.05) is 49.5 Å². The average Bonchev–Trinajstić information content (AvgIpc) is 3.36. The fourth-order valence-electron chi connectivity index (χ4n) is 3.60. The lowest BCUT2D eigenvalue weighted by Crippen LogP contribution is -2.50. The molecule has 1 aliphatic rings.